The van der Waals surface area contributed by atoms with Crippen molar-refractivity contribution in [2.45, 2.75) is 46.2 Å². The summed E-state index contributed by atoms with van der Waals surface area (Å²) in [7, 11) is 0. The second kappa shape index (κ2) is 11.7. The Morgan fingerprint density at radius 3 is 1.22 bits per heavy atom. The number of aliphatic hydroxyl groups excluding tert-OH is 1. The van der Waals surface area contributed by atoms with Gasteiger partial charge in [-0.05, 0) is 77.4 Å². The van der Waals surface area contributed by atoms with Gasteiger partial charge in [0.2, 0.25) is 0 Å². The summed E-state index contributed by atoms with van der Waals surface area (Å²) in [6.45, 7) is 6.90. The van der Waals surface area contributed by atoms with Gasteiger partial charge in [-0.3, -0.25) is 29.0 Å². The van der Waals surface area contributed by atoms with Gasteiger partial charge in [-0.25, -0.2) is 0 Å². The number of amides is 4. The molecular formula is C36H34N2O8. The summed E-state index contributed by atoms with van der Waals surface area (Å²) in [6, 6.07) is 14.5. The molecule has 5 aromatic rings. The zero-order valence-electron chi connectivity index (χ0n) is 25.9. The van der Waals surface area contributed by atoms with Crippen molar-refractivity contribution < 1.29 is 38.5 Å². The molecule has 5 aromatic carbocycles. The largest absolute Gasteiger partial charge is 0.368 e. The van der Waals surface area contributed by atoms with Crippen LogP contribution in [0.5, 0.6) is 0 Å². The second-order valence-electron chi connectivity index (χ2n) is 11.5. The van der Waals surface area contributed by atoms with E-state index in [1.54, 1.807) is 31.2 Å². The fourth-order valence-electron chi connectivity index (χ4n) is 7.11. The minimum atomic E-state index is -1.08. The molecule has 1 N–H and O–H groups in total. The van der Waals surface area contributed by atoms with Crippen molar-refractivity contribution in [3.8, 4) is 0 Å². The fraction of sp³-hybridized carbons (Fsp3) is 0.333. The summed E-state index contributed by atoms with van der Waals surface area (Å²) >= 11 is 0. The molecule has 0 saturated heterocycles. The molecule has 0 bridgehead atoms. The van der Waals surface area contributed by atoms with Gasteiger partial charge < -0.3 is 19.3 Å². The fourth-order valence-corrected chi connectivity index (χ4v) is 7.11. The van der Waals surface area contributed by atoms with Crippen molar-refractivity contribution in [1.82, 2.24) is 9.80 Å². The number of aliphatic hydroxyl groups is 1. The van der Waals surface area contributed by atoms with Crippen LogP contribution in [0.15, 0.2) is 48.5 Å². The smallest absolute Gasteiger partial charge is 0.261 e. The molecule has 2 aliphatic rings. The molecule has 10 nitrogen and oxygen atoms in total. The zero-order valence-corrected chi connectivity index (χ0v) is 25.9. The topological polar surface area (TPSA) is 123 Å². The summed E-state index contributed by atoms with van der Waals surface area (Å²) in [5.74, 6) is -1.58. The Balaban J connectivity index is 1.34. The molecule has 7 rings (SSSR count). The van der Waals surface area contributed by atoms with Crippen LogP contribution in [-0.2, 0) is 14.2 Å². The maximum atomic E-state index is 13.8. The highest BCUT2D eigenvalue weighted by Gasteiger charge is 2.37. The number of hydrogen-bond acceptors (Lipinski definition) is 8. The van der Waals surface area contributed by atoms with Gasteiger partial charge in [0.25, 0.3) is 23.6 Å². The third kappa shape index (κ3) is 4.47. The van der Waals surface area contributed by atoms with Crippen molar-refractivity contribution in [1.29, 1.82) is 0 Å². The lowest BCUT2D eigenvalue weighted by atomic mass is 9.82. The Kier molecular flexibility index (Phi) is 7.68. The van der Waals surface area contributed by atoms with Crippen LogP contribution in [-0.4, -0.2) is 84.0 Å². The first-order valence-corrected chi connectivity index (χ1v) is 15.8. The first-order chi connectivity index (χ1) is 22.3. The monoisotopic (exact) mass is 622 g/mol. The van der Waals surface area contributed by atoms with E-state index in [1.165, 1.54) is 4.90 Å². The van der Waals surface area contributed by atoms with Gasteiger partial charge in [-0.1, -0.05) is 24.3 Å². The predicted octanol–water partition coefficient (Wildman–Crippen LogP) is 5.46. The molecule has 0 aromatic heterocycles. The summed E-state index contributed by atoms with van der Waals surface area (Å²) in [4.78, 5) is 57.3. The number of carbonyl (C=O) groups is 4. The first-order valence-electron chi connectivity index (χ1n) is 15.8. The number of imide groups is 2. The maximum Gasteiger partial charge on any atom is 0.261 e. The molecule has 1 unspecified atom stereocenters. The molecule has 0 radical (unpaired) electrons. The van der Waals surface area contributed by atoms with Crippen LogP contribution in [0.4, 0.5) is 0 Å². The van der Waals surface area contributed by atoms with Crippen LogP contribution in [0, 0.1) is 0 Å². The van der Waals surface area contributed by atoms with Gasteiger partial charge in [-0.15, -0.1) is 0 Å². The average Bonchev–Trinajstić information content (AvgIpc) is 3.05. The number of benzene rings is 5. The normalized spacial score (nSPS) is 15.6. The minimum Gasteiger partial charge on any atom is -0.368 e. The number of carbonyl (C=O) groups excluding carboxylic acids is 4. The highest BCUT2D eigenvalue weighted by molar-refractivity contribution is 6.41. The zero-order chi connectivity index (χ0) is 32.3. The van der Waals surface area contributed by atoms with Gasteiger partial charge in [0.05, 0.1) is 0 Å². The van der Waals surface area contributed by atoms with E-state index in [4.69, 9.17) is 14.2 Å². The lowest BCUT2D eigenvalue weighted by Gasteiger charge is -2.30. The minimum absolute atomic E-state index is 0.0218. The van der Waals surface area contributed by atoms with E-state index in [0.717, 1.165) is 37.2 Å². The summed E-state index contributed by atoms with van der Waals surface area (Å²) < 4.78 is 16.4. The van der Waals surface area contributed by atoms with E-state index in [2.05, 4.69) is 0 Å². The Morgan fingerprint density at radius 2 is 0.870 bits per heavy atom. The standard InChI is InChI=1S/C36H34N2O8/c1-4-44-27(39)15-17-37-33(40)23-11-7-19-21-9-13-25-32-26(36(43)38(35(25)42)18-16-28(45-5-2)46-6-3)14-10-22(30(21)32)20-8-12-24(34(37)41)31(23)29(19)20/h7-14,27-28,39H,4-6,15-18H2,1-3H3. The molecule has 236 valence electrons. The van der Waals surface area contributed by atoms with Crippen LogP contribution in [0.2, 0.25) is 0 Å². The third-order valence-corrected chi connectivity index (χ3v) is 9.06. The van der Waals surface area contributed by atoms with E-state index in [1.807, 2.05) is 38.1 Å². The van der Waals surface area contributed by atoms with Crippen molar-refractivity contribution in [2.24, 2.45) is 0 Å². The Morgan fingerprint density at radius 1 is 0.522 bits per heavy atom. The molecule has 46 heavy (non-hydrogen) atoms. The van der Waals surface area contributed by atoms with Crippen LogP contribution >= 0.6 is 0 Å². The number of rotatable bonds is 12. The van der Waals surface area contributed by atoms with Gasteiger partial charge in [0, 0.05) is 78.8 Å². The van der Waals surface area contributed by atoms with Crippen LogP contribution in [0.3, 0.4) is 0 Å². The van der Waals surface area contributed by atoms with E-state index < -0.39 is 24.4 Å². The van der Waals surface area contributed by atoms with Crippen molar-refractivity contribution in [2.75, 3.05) is 32.9 Å². The van der Waals surface area contributed by atoms with Gasteiger partial charge in [0.15, 0.2) is 12.6 Å². The van der Waals surface area contributed by atoms with Crippen LogP contribution in [0.25, 0.3) is 43.1 Å². The van der Waals surface area contributed by atoms with E-state index >= 15 is 0 Å². The first kappa shape index (κ1) is 30.2. The Bertz CT molecular complexity index is 1940. The Hall–Kier alpha value is -4.48. The van der Waals surface area contributed by atoms with Gasteiger partial charge in [0.1, 0.15) is 0 Å². The van der Waals surface area contributed by atoms with E-state index in [9.17, 15) is 24.3 Å². The predicted molar refractivity (Wildman–Crippen MR) is 172 cm³/mol. The summed E-state index contributed by atoms with van der Waals surface area (Å²) in [5, 5.41) is 16.1. The van der Waals surface area contributed by atoms with E-state index in [-0.39, 0.29) is 31.3 Å². The molecule has 2 aliphatic heterocycles. The lowest BCUT2D eigenvalue weighted by molar-refractivity contribution is -0.140. The molecule has 10 heteroatoms. The molecule has 0 saturated carbocycles. The van der Waals surface area contributed by atoms with Crippen LogP contribution < -0.4 is 0 Å². The van der Waals surface area contributed by atoms with Crippen LogP contribution in [0.1, 0.15) is 75.0 Å². The number of fused-ring (bicyclic) bond motifs is 2. The number of nitrogens with zero attached hydrogens (tertiary/aromatic N) is 2. The molecule has 0 aliphatic carbocycles. The molecule has 0 fully saturated rings. The van der Waals surface area contributed by atoms with Crippen molar-refractivity contribution in [3.05, 3.63) is 70.8 Å². The molecule has 4 amide bonds. The number of ether oxygens (including phenoxy) is 3. The molecule has 2 heterocycles. The van der Waals surface area contributed by atoms with E-state index in [0.29, 0.717) is 59.3 Å². The quantitative estimate of drug-likeness (QED) is 0.0842. The molecule has 1 atom stereocenters. The highest BCUT2D eigenvalue weighted by atomic mass is 16.7. The van der Waals surface area contributed by atoms with Gasteiger partial charge >= 0.3 is 0 Å². The molecular weight excluding hydrogens is 588 g/mol. The Labute approximate surface area is 264 Å². The SMILES string of the molecule is CCOC(O)CCN1C(=O)c2ccc3c4ccc5c6c(ccc(c7ccc(c2c37)C1=O)c64)C(=O)N(CCC(OCC)OCC)C5=O. The summed E-state index contributed by atoms with van der Waals surface area (Å²) in [6.07, 6.45) is -1.13. The van der Waals surface area contributed by atoms with Gasteiger partial charge in [-0.2, -0.15) is 0 Å². The molecule has 0 spiro atoms. The summed E-state index contributed by atoms with van der Waals surface area (Å²) in [5.41, 5.74) is 1.72. The highest BCUT2D eigenvalue weighted by Crippen LogP contribution is 2.46. The third-order valence-electron chi connectivity index (χ3n) is 9.06. The van der Waals surface area contributed by atoms with Crippen molar-refractivity contribution >= 4 is 66.7 Å². The average molecular weight is 623 g/mol. The van der Waals surface area contributed by atoms with Crippen molar-refractivity contribution in [3.63, 3.8) is 0 Å². The number of hydrogen-bond donors (Lipinski definition) is 1. The lowest BCUT2D eigenvalue weighted by Crippen LogP contribution is -2.42. The maximum absolute atomic E-state index is 13.8. The second-order valence-corrected chi connectivity index (χ2v) is 11.5.